The molecule has 2 aliphatic rings. The average Bonchev–Trinajstić information content (AvgIpc) is 2.54. The minimum atomic E-state index is -0.382. The molecular formula is C14H25NO3. The molecular weight excluding hydrogens is 230 g/mol. The zero-order valence-corrected chi connectivity index (χ0v) is 11.7. The molecule has 0 radical (unpaired) electrons. The molecule has 0 amide bonds. The van der Waals surface area contributed by atoms with Crippen molar-refractivity contribution in [3.05, 3.63) is 0 Å². The number of hydrogen-bond donors (Lipinski definition) is 1. The minimum Gasteiger partial charge on any atom is -0.466 e. The summed E-state index contributed by atoms with van der Waals surface area (Å²) in [5.41, 5.74) is 5.91. The third-order valence-electron chi connectivity index (χ3n) is 4.33. The van der Waals surface area contributed by atoms with Gasteiger partial charge in [-0.3, -0.25) is 4.79 Å². The van der Waals surface area contributed by atoms with Gasteiger partial charge in [0.05, 0.1) is 18.8 Å². The summed E-state index contributed by atoms with van der Waals surface area (Å²) in [6.07, 6.45) is 4.10. The standard InChI is InChI=1S/C14H25NO3/c1-4-17-12(16)11-10(15)8-18-14(11)7-5-6-13(2,3)9-14/h10-11H,4-9,15H2,1-3H3. The van der Waals surface area contributed by atoms with Gasteiger partial charge in [0.2, 0.25) is 0 Å². The van der Waals surface area contributed by atoms with Crippen LogP contribution in [0.2, 0.25) is 0 Å². The third-order valence-corrected chi connectivity index (χ3v) is 4.33. The summed E-state index contributed by atoms with van der Waals surface area (Å²) in [4.78, 5) is 12.2. The molecule has 0 aromatic heterocycles. The highest BCUT2D eigenvalue weighted by Crippen LogP contribution is 2.50. The van der Waals surface area contributed by atoms with Crippen LogP contribution in [-0.2, 0) is 14.3 Å². The zero-order valence-electron chi connectivity index (χ0n) is 11.7. The van der Waals surface area contributed by atoms with E-state index in [1.54, 1.807) is 0 Å². The van der Waals surface area contributed by atoms with Crippen molar-refractivity contribution in [2.24, 2.45) is 17.1 Å². The molecule has 1 saturated heterocycles. The van der Waals surface area contributed by atoms with Crippen LogP contribution in [0.3, 0.4) is 0 Å². The second-order valence-corrected chi connectivity index (χ2v) is 6.46. The van der Waals surface area contributed by atoms with Crippen LogP contribution in [0.5, 0.6) is 0 Å². The molecule has 1 aliphatic heterocycles. The molecule has 18 heavy (non-hydrogen) atoms. The minimum absolute atomic E-state index is 0.180. The molecule has 2 N–H and O–H groups in total. The normalized spacial score (nSPS) is 38.9. The van der Waals surface area contributed by atoms with Crippen molar-refractivity contribution in [2.45, 2.75) is 58.1 Å². The highest BCUT2D eigenvalue weighted by molar-refractivity contribution is 5.75. The summed E-state index contributed by atoms with van der Waals surface area (Å²) in [6.45, 7) is 7.18. The Hall–Kier alpha value is -0.610. The van der Waals surface area contributed by atoms with E-state index in [0.29, 0.717) is 13.2 Å². The second-order valence-electron chi connectivity index (χ2n) is 6.46. The summed E-state index contributed by atoms with van der Waals surface area (Å²) in [6, 6.07) is -0.224. The highest BCUT2D eigenvalue weighted by atomic mass is 16.5. The summed E-state index contributed by atoms with van der Waals surface area (Å²) >= 11 is 0. The Morgan fingerprint density at radius 1 is 1.44 bits per heavy atom. The van der Waals surface area contributed by atoms with Crippen LogP contribution in [0.4, 0.5) is 0 Å². The van der Waals surface area contributed by atoms with Crippen molar-refractivity contribution in [2.75, 3.05) is 13.2 Å². The van der Waals surface area contributed by atoms with Crippen LogP contribution in [0.1, 0.15) is 46.5 Å². The number of ether oxygens (including phenoxy) is 2. The zero-order chi connectivity index (χ0) is 13.4. The van der Waals surface area contributed by atoms with E-state index >= 15 is 0 Å². The van der Waals surface area contributed by atoms with Gasteiger partial charge in [-0.1, -0.05) is 20.3 Å². The molecule has 2 rings (SSSR count). The number of carbonyl (C=O) groups is 1. The molecule has 0 aromatic rings. The van der Waals surface area contributed by atoms with Crippen molar-refractivity contribution >= 4 is 5.97 Å². The van der Waals surface area contributed by atoms with Crippen molar-refractivity contribution in [1.29, 1.82) is 0 Å². The Bertz CT molecular complexity index is 325. The largest absolute Gasteiger partial charge is 0.466 e. The molecule has 3 unspecified atom stereocenters. The molecule has 4 nitrogen and oxygen atoms in total. The molecule has 0 bridgehead atoms. The second kappa shape index (κ2) is 4.82. The molecule has 3 atom stereocenters. The van der Waals surface area contributed by atoms with Gasteiger partial charge in [0.1, 0.15) is 5.92 Å². The van der Waals surface area contributed by atoms with Crippen LogP contribution >= 0.6 is 0 Å². The maximum absolute atomic E-state index is 12.2. The Morgan fingerprint density at radius 2 is 2.17 bits per heavy atom. The van der Waals surface area contributed by atoms with Crippen molar-refractivity contribution in [3.8, 4) is 0 Å². The van der Waals surface area contributed by atoms with Gasteiger partial charge in [-0.05, 0) is 31.6 Å². The van der Waals surface area contributed by atoms with Crippen LogP contribution < -0.4 is 5.73 Å². The molecule has 104 valence electrons. The third kappa shape index (κ3) is 2.41. The van der Waals surface area contributed by atoms with E-state index in [9.17, 15) is 4.79 Å². The number of rotatable bonds is 2. The first-order valence-electron chi connectivity index (χ1n) is 6.96. The van der Waals surface area contributed by atoms with Crippen LogP contribution in [0, 0.1) is 11.3 Å². The maximum atomic E-state index is 12.2. The average molecular weight is 255 g/mol. The fourth-order valence-electron chi connectivity index (χ4n) is 3.70. The van der Waals surface area contributed by atoms with Gasteiger partial charge in [-0.2, -0.15) is 0 Å². The molecule has 0 aromatic carbocycles. The summed E-state index contributed by atoms with van der Waals surface area (Å²) < 4.78 is 11.2. The van der Waals surface area contributed by atoms with E-state index in [1.165, 1.54) is 6.42 Å². The maximum Gasteiger partial charge on any atom is 0.313 e. The van der Waals surface area contributed by atoms with E-state index in [-0.39, 0.29) is 28.9 Å². The lowest BCUT2D eigenvalue weighted by atomic mass is 9.65. The van der Waals surface area contributed by atoms with Gasteiger partial charge in [-0.25, -0.2) is 0 Å². The van der Waals surface area contributed by atoms with Gasteiger partial charge in [0.15, 0.2) is 0 Å². The highest BCUT2D eigenvalue weighted by Gasteiger charge is 2.56. The monoisotopic (exact) mass is 255 g/mol. The summed E-state index contributed by atoms with van der Waals surface area (Å²) in [5, 5.41) is 0. The van der Waals surface area contributed by atoms with Crippen LogP contribution in [0.25, 0.3) is 0 Å². The topological polar surface area (TPSA) is 61.5 Å². The SMILES string of the molecule is CCOC(=O)C1C(N)COC12CCCC(C)(C)C2. The lowest BCUT2D eigenvalue weighted by molar-refractivity contribution is -0.159. The molecule has 4 heteroatoms. The number of esters is 1. The molecule has 1 saturated carbocycles. The Labute approximate surface area is 109 Å². The Morgan fingerprint density at radius 3 is 2.78 bits per heavy atom. The smallest absolute Gasteiger partial charge is 0.313 e. The van der Waals surface area contributed by atoms with Gasteiger partial charge in [-0.15, -0.1) is 0 Å². The van der Waals surface area contributed by atoms with Gasteiger partial charge in [0.25, 0.3) is 0 Å². The van der Waals surface area contributed by atoms with E-state index in [1.807, 2.05) is 6.92 Å². The first-order chi connectivity index (χ1) is 8.40. The molecule has 2 fully saturated rings. The number of hydrogen-bond acceptors (Lipinski definition) is 4. The lowest BCUT2D eigenvalue weighted by Crippen LogP contribution is -2.50. The quantitative estimate of drug-likeness (QED) is 0.765. The fraction of sp³-hybridized carbons (Fsp3) is 0.929. The van der Waals surface area contributed by atoms with Crippen molar-refractivity contribution < 1.29 is 14.3 Å². The van der Waals surface area contributed by atoms with E-state index in [0.717, 1.165) is 19.3 Å². The van der Waals surface area contributed by atoms with Gasteiger partial charge in [0, 0.05) is 6.04 Å². The fourth-order valence-corrected chi connectivity index (χ4v) is 3.70. The summed E-state index contributed by atoms with van der Waals surface area (Å²) in [5.74, 6) is -0.475. The Kier molecular flexibility index (Phi) is 3.70. The van der Waals surface area contributed by atoms with Crippen LogP contribution in [-0.4, -0.2) is 30.8 Å². The van der Waals surface area contributed by atoms with Gasteiger partial charge >= 0.3 is 5.97 Å². The Balaban J connectivity index is 2.22. The van der Waals surface area contributed by atoms with E-state index < -0.39 is 0 Å². The van der Waals surface area contributed by atoms with Gasteiger partial charge < -0.3 is 15.2 Å². The first kappa shape index (κ1) is 13.8. The van der Waals surface area contributed by atoms with Crippen LogP contribution in [0.15, 0.2) is 0 Å². The first-order valence-corrected chi connectivity index (χ1v) is 6.96. The van der Waals surface area contributed by atoms with E-state index in [2.05, 4.69) is 13.8 Å². The predicted molar refractivity (Wildman–Crippen MR) is 69.0 cm³/mol. The van der Waals surface area contributed by atoms with E-state index in [4.69, 9.17) is 15.2 Å². The molecule has 1 heterocycles. The van der Waals surface area contributed by atoms with Crippen molar-refractivity contribution in [1.82, 2.24) is 0 Å². The number of carbonyl (C=O) groups excluding carboxylic acids is 1. The molecule has 1 spiro atoms. The molecule has 1 aliphatic carbocycles. The van der Waals surface area contributed by atoms with Crippen molar-refractivity contribution in [3.63, 3.8) is 0 Å². The number of nitrogens with two attached hydrogens (primary N) is 1. The lowest BCUT2D eigenvalue weighted by Gasteiger charge is -2.44. The predicted octanol–water partition coefficient (Wildman–Crippen LogP) is 1.86. The summed E-state index contributed by atoms with van der Waals surface area (Å²) in [7, 11) is 0.